The molecule has 4 aromatic carbocycles. The van der Waals surface area contributed by atoms with Crippen molar-refractivity contribution in [3.05, 3.63) is 131 Å². The van der Waals surface area contributed by atoms with E-state index in [2.05, 4.69) is 77.9 Å². The first-order valence-corrected chi connectivity index (χ1v) is 19.4. The van der Waals surface area contributed by atoms with E-state index in [1.807, 2.05) is 67.9 Å². The maximum absolute atomic E-state index is 5.96. The zero-order valence-corrected chi connectivity index (χ0v) is 32.0. The summed E-state index contributed by atoms with van der Waals surface area (Å²) in [6.45, 7) is 4.18. The normalized spacial score (nSPS) is 19.2. The van der Waals surface area contributed by atoms with Crippen LogP contribution in [-0.4, -0.2) is 43.5 Å². The average Bonchev–Trinajstić information content (AvgIpc) is 3.73. The Bertz CT molecular complexity index is 2120. The third-order valence-corrected chi connectivity index (χ3v) is 10.5. The number of fused-ring (bicyclic) bond motifs is 3. The van der Waals surface area contributed by atoms with E-state index in [0.717, 1.165) is 79.4 Å². The van der Waals surface area contributed by atoms with Crippen LogP contribution >= 0.6 is 35.8 Å². The van der Waals surface area contributed by atoms with Crippen molar-refractivity contribution in [2.45, 2.75) is 48.1 Å². The number of oxime groups is 2. The second-order valence-corrected chi connectivity index (χ2v) is 14.3. The van der Waals surface area contributed by atoms with Gasteiger partial charge in [0.2, 0.25) is 0 Å². The number of likely N-dealkylation sites (N-methyl/N-ethyl adjacent to an activating group) is 1. The molecular formula is C41H39N3O5S3. The Labute approximate surface area is 318 Å². The molecule has 0 radical (unpaired) electrons. The van der Waals surface area contributed by atoms with Crippen LogP contribution in [0, 0.1) is 19.3 Å². The van der Waals surface area contributed by atoms with Gasteiger partial charge in [-0.2, -0.15) is 0 Å². The first-order valence-electron chi connectivity index (χ1n) is 16.6. The molecule has 0 bridgehead atoms. The Balaban J connectivity index is 0.000000179. The van der Waals surface area contributed by atoms with Gasteiger partial charge in [-0.1, -0.05) is 88.2 Å². The monoisotopic (exact) mass is 749 g/mol. The number of aryl methyl sites for hydroxylation is 1. The molecule has 0 aromatic heterocycles. The summed E-state index contributed by atoms with van der Waals surface area (Å²) in [4.78, 5) is 1.85. The lowest BCUT2D eigenvalue weighted by atomic mass is 9.91. The predicted molar refractivity (Wildman–Crippen MR) is 215 cm³/mol. The average molecular weight is 750 g/mol. The summed E-state index contributed by atoms with van der Waals surface area (Å²) in [7, 11) is 3.48. The molecule has 2 heterocycles. The van der Waals surface area contributed by atoms with Crippen LogP contribution in [-0.2, 0) is 13.3 Å². The van der Waals surface area contributed by atoms with Gasteiger partial charge in [0.15, 0.2) is 17.4 Å². The summed E-state index contributed by atoms with van der Waals surface area (Å²) in [5.41, 5.74) is 6.59. The molecule has 7 rings (SSSR count). The Morgan fingerprint density at radius 2 is 1.63 bits per heavy atom. The fourth-order valence-corrected chi connectivity index (χ4v) is 7.44. The van der Waals surface area contributed by atoms with E-state index in [0.29, 0.717) is 11.5 Å². The van der Waals surface area contributed by atoms with Gasteiger partial charge in [0.1, 0.15) is 47.0 Å². The van der Waals surface area contributed by atoms with E-state index < -0.39 is 0 Å². The van der Waals surface area contributed by atoms with Crippen LogP contribution in [0.2, 0.25) is 0 Å². The Morgan fingerprint density at radius 1 is 0.885 bits per heavy atom. The molecule has 2 aliphatic heterocycles. The van der Waals surface area contributed by atoms with Crippen LogP contribution in [0.4, 0.5) is 0 Å². The number of terminal acetylenes is 1. The smallest absolute Gasteiger partial charge is 0.197 e. The van der Waals surface area contributed by atoms with Crippen molar-refractivity contribution in [1.29, 1.82) is 0 Å². The quantitative estimate of drug-likeness (QED) is 0.0968. The van der Waals surface area contributed by atoms with Crippen LogP contribution in [0.1, 0.15) is 30.9 Å². The molecule has 1 aliphatic carbocycles. The van der Waals surface area contributed by atoms with Gasteiger partial charge in [-0.15, -0.1) is 18.2 Å². The van der Waals surface area contributed by atoms with E-state index >= 15 is 0 Å². The molecule has 2 unspecified atom stereocenters. The minimum atomic E-state index is -0.320. The summed E-state index contributed by atoms with van der Waals surface area (Å²) >= 11 is 3.91. The molecule has 0 amide bonds. The number of ether oxygens (including phenoxy) is 3. The van der Waals surface area contributed by atoms with Crippen molar-refractivity contribution in [2.75, 3.05) is 20.4 Å². The molecule has 52 heavy (non-hydrogen) atoms. The fourth-order valence-electron chi connectivity index (χ4n) is 5.84. The van der Waals surface area contributed by atoms with Crippen LogP contribution in [0.3, 0.4) is 0 Å². The van der Waals surface area contributed by atoms with E-state index in [4.69, 9.17) is 29.2 Å². The highest BCUT2D eigenvalue weighted by Crippen LogP contribution is 2.38. The van der Waals surface area contributed by atoms with Crippen LogP contribution < -0.4 is 14.8 Å². The van der Waals surface area contributed by atoms with Gasteiger partial charge < -0.3 is 22.8 Å². The van der Waals surface area contributed by atoms with Crippen molar-refractivity contribution >= 4 is 58.0 Å². The topological polar surface area (TPSA) is 82.9 Å². The van der Waals surface area contributed by atoms with Crippen molar-refractivity contribution in [3.63, 3.8) is 0 Å². The van der Waals surface area contributed by atoms with Crippen LogP contribution in [0.25, 0.3) is 10.8 Å². The summed E-state index contributed by atoms with van der Waals surface area (Å²) < 4.78 is 28.4. The molecule has 266 valence electrons. The minimum absolute atomic E-state index is 0.292. The number of nitrogens with zero attached hydrogens (tertiary/aromatic N) is 2. The zero-order valence-electron chi connectivity index (χ0n) is 29.5. The van der Waals surface area contributed by atoms with Gasteiger partial charge in [0, 0.05) is 0 Å². The molecule has 1 N–H and O–H groups in total. The molecule has 3 aliphatic rings. The molecule has 2 atom stereocenters. The van der Waals surface area contributed by atoms with Gasteiger partial charge >= 0.3 is 0 Å². The molecule has 0 saturated carbocycles. The van der Waals surface area contributed by atoms with Gasteiger partial charge in [0.05, 0.1) is 28.0 Å². The summed E-state index contributed by atoms with van der Waals surface area (Å²) in [6.07, 6.45) is 13.6. The third-order valence-electron chi connectivity index (χ3n) is 8.50. The second-order valence-electron chi connectivity index (χ2n) is 11.8. The number of hydrogen-bond acceptors (Lipinski definition) is 11. The number of rotatable bonds is 10. The molecule has 0 saturated heterocycles. The molecule has 0 fully saturated rings. The van der Waals surface area contributed by atoms with Crippen LogP contribution in [0.5, 0.6) is 11.5 Å². The fraction of sp³-hybridized carbons (Fsp3) is 0.220. The van der Waals surface area contributed by atoms with Gasteiger partial charge in [0.25, 0.3) is 0 Å². The highest BCUT2D eigenvalue weighted by molar-refractivity contribution is 7.99. The predicted octanol–water partition coefficient (Wildman–Crippen LogP) is 9.86. The summed E-state index contributed by atoms with van der Waals surface area (Å²) in [5, 5.41) is 14.2. The number of benzene rings is 4. The van der Waals surface area contributed by atoms with Crippen molar-refractivity contribution in [3.8, 4) is 23.8 Å². The zero-order chi connectivity index (χ0) is 36.5. The van der Waals surface area contributed by atoms with Gasteiger partial charge in [-0.3, -0.25) is 5.32 Å². The Hall–Kier alpha value is -4.73. The number of nitrogens with one attached hydrogen (secondary N) is 1. The molecule has 8 nitrogen and oxygen atoms in total. The molecule has 11 heteroatoms. The maximum atomic E-state index is 5.96. The maximum Gasteiger partial charge on any atom is 0.197 e. The van der Waals surface area contributed by atoms with E-state index in [-0.39, 0.29) is 11.7 Å². The highest BCUT2D eigenvalue weighted by Gasteiger charge is 2.35. The lowest BCUT2D eigenvalue weighted by molar-refractivity contribution is 0.250. The van der Waals surface area contributed by atoms with Gasteiger partial charge in [-0.25, -0.2) is 0 Å². The highest BCUT2D eigenvalue weighted by atomic mass is 32.2. The number of methoxy groups -OCH3 is 1. The largest absolute Gasteiger partial charge is 0.495 e. The summed E-state index contributed by atoms with van der Waals surface area (Å²) in [6, 6.07) is 28.0. The van der Waals surface area contributed by atoms with E-state index in [1.165, 1.54) is 34.9 Å². The minimum Gasteiger partial charge on any atom is -0.495 e. The number of thioether (sulfide) groups is 1. The first-order chi connectivity index (χ1) is 25.4. The van der Waals surface area contributed by atoms with Crippen molar-refractivity contribution in [2.24, 2.45) is 10.3 Å². The van der Waals surface area contributed by atoms with Crippen LogP contribution in [0.15, 0.2) is 140 Å². The Morgan fingerprint density at radius 3 is 2.38 bits per heavy atom. The third kappa shape index (κ3) is 8.32. The van der Waals surface area contributed by atoms with Crippen molar-refractivity contribution < 1.29 is 22.8 Å². The molecule has 4 aromatic rings. The van der Waals surface area contributed by atoms with Gasteiger partial charge in [-0.05, 0) is 92.6 Å². The number of para-hydroxylation sites is 1. The molecule has 0 spiro atoms. The summed E-state index contributed by atoms with van der Waals surface area (Å²) in [5.74, 6) is 4.74. The SMILES string of the molecule is C#CC1=C(C2=C(C)CCC=C2)/C(=N/OSc2ccccc2OC)C(SC)O1.CNC1Oc2ccc3ccccc3c2/C1=N/OSc1ccc(C)cc1. The standard InChI is InChI=1S/C21H21NO3S2.C20H18N2O2S/c1-5-16-19(15-11-7-6-10-14(15)2)20(21(24-16)26-4)22-25-27-18-13-9-8-12-17(18)23-3;1-13-7-10-15(11-8-13)25-24-22-19-18-16-6-4-3-5-14(16)9-12-17(18)23-20(19)21-2/h1,7-9,11-13,21H,6,10H2,2-4H3;3-12,20-21H,1-2H3/b22-20-;22-19-. The number of allylic oxidation sites excluding steroid dienone is 5. The lowest BCUT2D eigenvalue weighted by Gasteiger charge is -2.14. The van der Waals surface area contributed by atoms with E-state index in [1.54, 1.807) is 7.11 Å². The first kappa shape index (κ1) is 37.0. The lowest BCUT2D eigenvalue weighted by Crippen LogP contribution is -2.35. The van der Waals surface area contributed by atoms with Crippen molar-refractivity contribution in [1.82, 2.24) is 5.32 Å². The molecular weight excluding hydrogens is 711 g/mol. The number of hydrogen-bond donors (Lipinski definition) is 1. The Kier molecular flexibility index (Phi) is 12.6. The van der Waals surface area contributed by atoms with E-state index in [9.17, 15) is 0 Å². The second kappa shape index (κ2) is 17.7.